The number of hydrogen-bond acceptors (Lipinski definition) is 6. The number of furan rings is 1. The number of hydrazone groups is 1. The Balaban J connectivity index is 1.98. The number of fused-ring (bicyclic) bond motifs is 3. The minimum Gasteiger partial charge on any atom is -0.480 e. The molecule has 3 aromatic rings. The maximum atomic E-state index is 12.6. The number of nitrogens with zero attached hydrogens (tertiary/aromatic N) is 1. The largest absolute Gasteiger partial charge is 0.480 e. The van der Waals surface area contributed by atoms with Gasteiger partial charge in [0.15, 0.2) is 5.84 Å². The monoisotopic (exact) mass is 403 g/mol. The van der Waals surface area contributed by atoms with Crippen LogP contribution in [-0.2, 0) is 15.8 Å². The fourth-order valence-electron chi connectivity index (χ4n) is 2.87. The van der Waals surface area contributed by atoms with Crippen molar-refractivity contribution in [3.05, 3.63) is 42.0 Å². The topological polar surface area (TPSA) is 156 Å². The molecule has 3 rings (SSSR count). The van der Waals surface area contributed by atoms with Crippen LogP contribution in [0.2, 0.25) is 0 Å². The van der Waals surface area contributed by atoms with Gasteiger partial charge in [-0.3, -0.25) is 4.79 Å². The number of hydrazine groups is 1. The number of nitrogens with two attached hydrogens (primary N) is 2. The summed E-state index contributed by atoms with van der Waals surface area (Å²) in [6.07, 6.45) is 0. The molecule has 0 fully saturated rings. The molecule has 2 atom stereocenters. The van der Waals surface area contributed by atoms with Gasteiger partial charge in [-0.15, -0.1) is 0 Å². The van der Waals surface area contributed by atoms with Crippen molar-refractivity contribution in [2.75, 3.05) is 0 Å². The summed E-state index contributed by atoms with van der Waals surface area (Å²) in [5.74, 6) is 9.74. The highest BCUT2D eigenvalue weighted by Gasteiger charge is 2.24. The van der Waals surface area contributed by atoms with Crippen molar-refractivity contribution in [1.29, 1.82) is 0 Å². The highest BCUT2D eigenvalue weighted by atomic mass is 32.2. The first-order valence-corrected chi connectivity index (χ1v) is 9.62. The van der Waals surface area contributed by atoms with Gasteiger partial charge in [0.05, 0.1) is 4.90 Å². The summed E-state index contributed by atoms with van der Waals surface area (Å²) in [6.45, 7) is 3.50. The average Bonchev–Trinajstić information content (AvgIpc) is 3.03. The van der Waals surface area contributed by atoms with Crippen LogP contribution in [0, 0.1) is 5.92 Å². The summed E-state index contributed by atoms with van der Waals surface area (Å²) in [4.78, 5) is 11.7. The van der Waals surface area contributed by atoms with Gasteiger partial charge < -0.3 is 20.8 Å². The lowest BCUT2D eigenvalue weighted by atomic mass is 10.1. The second kappa shape index (κ2) is 7.97. The fourth-order valence-corrected chi connectivity index (χ4v) is 4.02. The molecule has 0 spiro atoms. The molecule has 10 heteroatoms. The predicted octanol–water partition coefficient (Wildman–Crippen LogP) is 1.39. The van der Waals surface area contributed by atoms with Crippen LogP contribution < -0.4 is 21.8 Å². The second-order valence-electron chi connectivity index (χ2n) is 6.54. The molecule has 0 saturated heterocycles. The van der Waals surface area contributed by atoms with E-state index in [1.807, 2.05) is 6.07 Å². The van der Waals surface area contributed by atoms with E-state index in [1.165, 1.54) is 0 Å². The van der Waals surface area contributed by atoms with E-state index >= 15 is 0 Å². The summed E-state index contributed by atoms with van der Waals surface area (Å²) in [5, 5.41) is 14.5. The third-order valence-corrected chi connectivity index (χ3v) is 5.51. The summed E-state index contributed by atoms with van der Waals surface area (Å²) >= 11 is 0. The first-order valence-electron chi connectivity index (χ1n) is 8.47. The highest BCUT2D eigenvalue weighted by Crippen LogP contribution is 2.30. The van der Waals surface area contributed by atoms with E-state index in [9.17, 15) is 14.1 Å². The molecule has 1 heterocycles. The van der Waals surface area contributed by atoms with Crippen LogP contribution in [0.5, 0.6) is 0 Å². The lowest BCUT2D eigenvalue weighted by molar-refractivity contribution is -0.140. The molecule has 0 aliphatic rings. The number of carboxylic acids is 1. The van der Waals surface area contributed by atoms with Crippen molar-refractivity contribution >= 4 is 44.7 Å². The van der Waals surface area contributed by atoms with Gasteiger partial charge in [-0.05, 0) is 36.2 Å². The number of hydrogen-bond donors (Lipinski definition) is 5. The number of aliphatic carboxylic acids is 1. The van der Waals surface area contributed by atoms with Crippen molar-refractivity contribution in [1.82, 2.24) is 10.1 Å². The molecule has 148 valence electrons. The van der Waals surface area contributed by atoms with Crippen LogP contribution in [0.1, 0.15) is 19.4 Å². The Labute approximate surface area is 163 Å². The van der Waals surface area contributed by atoms with Gasteiger partial charge in [-0.1, -0.05) is 19.9 Å². The van der Waals surface area contributed by atoms with Gasteiger partial charge in [-0.2, -0.15) is 5.10 Å². The minimum atomic E-state index is -1.70. The number of carboxylic acid groups (broad SMARTS) is 1. The van der Waals surface area contributed by atoms with Crippen molar-refractivity contribution in [3.63, 3.8) is 0 Å². The molecule has 1 aromatic heterocycles. The third-order valence-electron chi connectivity index (χ3n) is 4.36. The van der Waals surface area contributed by atoms with E-state index in [1.54, 1.807) is 44.2 Å². The zero-order valence-electron chi connectivity index (χ0n) is 15.3. The SMILES string of the molecule is CC(C)C(NS(=O)c1ccc2c(c1)oc1cc(/C(=N/N)NN)ccc12)C(=O)O. The third kappa shape index (κ3) is 3.70. The van der Waals surface area contributed by atoms with Gasteiger partial charge in [0, 0.05) is 16.3 Å². The molecule has 2 unspecified atom stereocenters. The van der Waals surface area contributed by atoms with E-state index in [0.29, 0.717) is 27.5 Å². The van der Waals surface area contributed by atoms with Crippen LogP contribution in [0.3, 0.4) is 0 Å². The minimum absolute atomic E-state index is 0.218. The van der Waals surface area contributed by atoms with Gasteiger partial charge in [0.2, 0.25) is 0 Å². The van der Waals surface area contributed by atoms with Gasteiger partial charge in [0.25, 0.3) is 0 Å². The summed E-state index contributed by atoms with van der Waals surface area (Å²) in [6, 6.07) is 9.59. The van der Waals surface area contributed by atoms with Crippen LogP contribution in [0.4, 0.5) is 0 Å². The quantitative estimate of drug-likeness (QED) is 0.180. The molecule has 9 nitrogen and oxygen atoms in total. The number of amidine groups is 1. The molecule has 7 N–H and O–H groups in total. The van der Waals surface area contributed by atoms with Gasteiger partial charge >= 0.3 is 5.97 Å². The molecule has 0 aliphatic heterocycles. The Bertz CT molecular complexity index is 1090. The van der Waals surface area contributed by atoms with Crippen LogP contribution in [0.25, 0.3) is 21.9 Å². The maximum absolute atomic E-state index is 12.6. The van der Waals surface area contributed by atoms with E-state index in [-0.39, 0.29) is 5.92 Å². The van der Waals surface area contributed by atoms with Gasteiger partial charge in [0.1, 0.15) is 28.2 Å². The van der Waals surface area contributed by atoms with Crippen molar-refractivity contribution < 1.29 is 18.5 Å². The molecule has 28 heavy (non-hydrogen) atoms. The van der Waals surface area contributed by atoms with Gasteiger partial charge in [-0.25, -0.2) is 14.8 Å². The first-order chi connectivity index (χ1) is 13.3. The van der Waals surface area contributed by atoms with Crippen LogP contribution >= 0.6 is 0 Å². The molecule has 0 saturated carbocycles. The molecule has 2 aromatic carbocycles. The predicted molar refractivity (Wildman–Crippen MR) is 108 cm³/mol. The summed E-state index contributed by atoms with van der Waals surface area (Å²) < 4.78 is 21.1. The van der Waals surface area contributed by atoms with Crippen molar-refractivity contribution in [2.45, 2.75) is 24.8 Å². The van der Waals surface area contributed by atoms with E-state index in [4.69, 9.17) is 16.1 Å². The second-order valence-corrected chi connectivity index (χ2v) is 7.78. The first kappa shape index (κ1) is 19.8. The number of nitrogens with one attached hydrogen (secondary N) is 2. The lowest BCUT2D eigenvalue weighted by Crippen LogP contribution is -2.41. The molecule has 0 bridgehead atoms. The molecule has 0 aliphatic carbocycles. The highest BCUT2D eigenvalue weighted by molar-refractivity contribution is 7.83. The number of benzene rings is 2. The normalized spacial score (nSPS) is 14.5. The maximum Gasteiger partial charge on any atom is 0.321 e. The molecular weight excluding hydrogens is 382 g/mol. The Morgan fingerprint density at radius 2 is 1.82 bits per heavy atom. The molecular formula is C18H21N5O4S. The number of rotatable bonds is 6. The molecule has 0 amide bonds. The Kier molecular flexibility index (Phi) is 5.63. The zero-order chi connectivity index (χ0) is 20.4. The average molecular weight is 403 g/mol. The standard InChI is InChI=1S/C18H21N5O4S/c1-9(2)16(18(24)25)23-28(26)11-4-6-13-12-5-3-10(17(21-19)22-20)7-14(12)27-15(13)8-11/h3-9,16,23H,19-20H2,1-2H3,(H,21,22)(H,24,25). The van der Waals surface area contributed by atoms with E-state index in [2.05, 4.69) is 15.2 Å². The van der Waals surface area contributed by atoms with E-state index < -0.39 is 23.0 Å². The Morgan fingerprint density at radius 1 is 1.18 bits per heavy atom. The van der Waals surface area contributed by atoms with Crippen LogP contribution in [0.15, 0.2) is 50.8 Å². The lowest BCUT2D eigenvalue weighted by Gasteiger charge is -2.17. The van der Waals surface area contributed by atoms with Crippen LogP contribution in [-0.4, -0.2) is 27.2 Å². The van der Waals surface area contributed by atoms with E-state index in [0.717, 1.165) is 10.8 Å². The smallest absolute Gasteiger partial charge is 0.321 e. The van der Waals surface area contributed by atoms with Crippen molar-refractivity contribution in [2.24, 2.45) is 22.7 Å². The zero-order valence-corrected chi connectivity index (χ0v) is 16.1. The molecule has 0 radical (unpaired) electrons. The summed E-state index contributed by atoms with van der Waals surface area (Å²) in [7, 11) is -1.70. The Morgan fingerprint density at radius 3 is 2.39 bits per heavy atom. The van der Waals surface area contributed by atoms with Crippen molar-refractivity contribution in [3.8, 4) is 0 Å². The number of carbonyl (C=O) groups is 1. The Hall–Kier alpha value is -2.95. The fraction of sp³-hybridized carbons (Fsp3) is 0.222. The summed E-state index contributed by atoms with van der Waals surface area (Å²) in [5.41, 5.74) is 4.19.